The van der Waals surface area contributed by atoms with E-state index < -0.39 is 0 Å². The summed E-state index contributed by atoms with van der Waals surface area (Å²) in [5.74, 6) is 0. The van der Waals surface area contributed by atoms with Crippen molar-refractivity contribution < 1.29 is 0 Å². The SMILES string of the molecule is Cc1ccc(Cn2cc[nH]c2=O)cc1C. The van der Waals surface area contributed by atoms with Gasteiger partial charge in [-0.05, 0) is 30.5 Å². The molecular weight excluding hydrogens is 188 g/mol. The van der Waals surface area contributed by atoms with Crippen molar-refractivity contribution in [1.82, 2.24) is 9.55 Å². The van der Waals surface area contributed by atoms with Gasteiger partial charge in [0.1, 0.15) is 0 Å². The highest BCUT2D eigenvalue weighted by Crippen LogP contribution is 2.10. The summed E-state index contributed by atoms with van der Waals surface area (Å²) in [6.07, 6.45) is 3.42. The van der Waals surface area contributed by atoms with Gasteiger partial charge in [0, 0.05) is 12.4 Å². The molecule has 2 aromatic rings. The van der Waals surface area contributed by atoms with Crippen molar-refractivity contribution in [2.75, 3.05) is 0 Å². The molecular formula is C12H14N2O. The second-order valence-corrected chi connectivity index (χ2v) is 3.81. The first-order valence-corrected chi connectivity index (χ1v) is 4.97. The van der Waals surface area contributed by atoms with Crippen molar-refractivity contribution in [3.8, 4) is 0 Å². The highest BCUT2D eigenvalue weighted by atomic mass is 16.1. The van der Waals surface area contributed by atoms with E-state index in [0.717, 1.165) is 5.56 Å². The molecule has 0 atom stereocenters. The van der Waals surface area contributed by atoms with Crippen LogP contribution in [0.2, 0.25) is 0 Å². The zero-order chi connectivity index (χ0) is 10.8. The molecule has 0 saturated carbocycles. The van der Waals surface area contributed by atoms with Crippen LogP contribution in [0, 0.1) is 13.8 Å². The Morgan fingerprint density at radius 1 is 1.27 bits per heavy atom. The van der Waals surface area contributed by atoms with Crippen LogP contribution in [-0.2, 0) is 6.54 Å². The smallest absolute Gasteiger partial charge is 0.313 e. The molecule has 1 N–H and O–H groups in total. The maximum absolute atomic E-state index is 11.3. The number of hydrogen-bond acceptors (Lipinski definition) is 1. The quantitative estimate of drug-likeness (QED) is 0.792. The van der Waals surface area contributed by atoms with Crippen molar-refractivity contribution in [3.05, 3.63) is 57.8 Å². The third kappa shape index (κ3) is 2.01. The second-order valence-electron chi connectivity index (χ2n) is 3.81. The Bertz CT molecular complexity index is 522. The summed E-state index contributed by atoms with van der Waals surface area (Å²) in [5, 5.41) is 0. The van der Waals surface area contributed by atoms with Crippen LogP contribution in [0.4, 0.5) is 0 Å². The van der Waals surface area contributed by atoms with Crippen molar-refractivity contribution in [3.63, 3.8) is 0 Å². The Kier molecular flexibility index (Phi) is 2.46. The zero-order valence-electron chi connectivity index (χ0n) is 8.95. The number of H-pyrrole nitrogens is 1. The minimum atomic E-state index is -0.0618. The fourth-order valence-corrected chi connectivity index (χ4v) is 1.57. The van der Waals surface area contributed by atoms with E-state index in [0.29, 0.717) is 6.54 Å². The van der Waals surface area contributed by atoms with Gasteiger partial charge in [-0.25, -0.2) is 4.79 Å². The zero-order valence-corrected chi connectivity index (χ0v) is 8.95. The molecule has 0 aliphatic carbocycles. The third-order valence-electron chi connectivity index (χ3n) is 2.65. The van der Waals surface area contributed by atoms with Crippen LogP contribution in [0.25, 0.3) is 0 Å². The summed E-state index contributed by atoms with van der Waals surface area (Å²) in [4.78, 5) is 13.9. The fraction of sp³-hybridized carbons (Fsp3) is 0.250. The summed E-state index contributed by atoms with van der Waals surface area (Å²) < 4.78 is 1.66. The van der Waals surface area contributed by atoms with Crippen LogP contribution < -0.4 is 5.69 Å². The van der Waals surface area contributed by atoms with E-state index in [4.69, 9.17) is 0 Å². The lowest BCUT2D eigenvalue weighted by Crippen LogP contribution is -2.16. The van der Waals surface area contributed by atoms with E-state index in [1.54, 1.807) is 17.0 Å². The number of nitrogens with zero attached hydrogens (tertiary/aromatic N) is 1. The molecule has 0 fully saturated rings. The molecule has 1 aromatic carbocycles. The molecule has 3 heteroatoms. The molecule has 3 nitrogen and oxygen atoms in total. The van der Waals surface area contributed by atoms with Crippen LogP contribution >= 0.6 is 0 Å². The van der Waals surface area contributed by atoms with Gasteiger partial charge >= 0.3 is 5.69 Å². The van der Waals surface area contributed by atoms with Crippen LogP contribution in [0.5, 0.6) is 0 Å². The van der Waals surface area contributed by atoms with Gasteiger partial charge in [0.2, 0.25) is 0 Å². The summed E-state index contributed by atoms with van der Waals surface area (Å²) >= 11 is 0. The van der Waals surface area contributed by atoms with Crippen molar-refractivity contribution >= 4 is 0 Å². The van der Waals surface area contributed by atoms with Gasteiger partial charge in [-0.2, -0.15) is 0 Å². The molecule has 0 aliphatic heterocycles. The molecule has 0 amide bonds. The molecule has 78 valence electrons. The predicted octanol–water partition coefficient (Wildman–Crippen LogP) is 1.84. The first kappa shape index (κ1) is 9.77. The van der Waals surface area contributed by atoms with Crippen molar-refractivity contribution in [2.24, 2.45) is 0 Å². The number of aromatic amines is 1. The molecule has 0 bridgehead atoms. The third-order valence-corrected chi connectivity index (χ3v) is 2.65. The van der Waals surface area contributed by atoms with Crippen LogP contribution in [0.1, 0.15) is 16.7 Å². The summed E-state index contributed by atoms with van der Waals surface area (Å²) in [6.45, 7) is 4.80. The lowest BCUT2D eigenvalue weighted by atomic mass is 10.1. The Labute approximate surface area is 88.4 Å². The van der Waals surface area contributed by atoms with Crippen LogP contribution in [0.3, 0.4) is 0 Å². The average molecular weight is 202 g/mol. The molecule has 1 heterocycles. The van der Waals surface area contributed by atoms with E-state index >= 15 is 0 Å². The molecule has 0 spiro atoms. The molecule has 0 radical (unpaired) electrons. The largest absolute Gasteiger partial charge is 0.325 e. The fourth-order valence-electron chi connectivity index (χ4n) is 1.57. The number of imidazole rings is 1. The maximum atomic E-state index is 11.3. The van der Waals surface area contributed by atoms with Gasteiger partial charge in [0.05, 0.1) is 6.54 Å². The van der Waals surface area contributed by atoms with E-state index in [9.17, 15) is 4.79 Å². The van der Waals surface area contributed by atoms with Gasteiger partial charge in [-0.1, -0.05) is 18.2 Å². The number of benzene rings is 1. The van der Waals surface area contributed by atoms with Gasteiger partial charge in [0.25, 0.3) is 0 Å². The van der Waals surface area contributed by atoms with Gasteiger partial charge < -0.3 is 4.98 Å². The summed E-state index contributed by atoms with van der Waals surface area (Å²) in [5.41, 5.74) is 3.63. The lowest BCUT2D eigenvalue weighted by Gasteiger charge is -2.05. The van der Waals surface area contributed by atoms with Gasteiger partial charge in [-0.15, -0.1) is 0 Å². The first-order valence-electron chi connectivity index (χ1n) is 4.97. The minimum absolute atomic E-state index is 0.0618. The Hall–Kier alpha value is -1.77. The number of aryl methyl sites for hydroxylation is 2. The molecule has 15 heavy (non-hydrogen) atoms. The molecule has 2 rings (SSSR count). The normalized spacial score (nSPS) is 10.5. The van der Waals surface area contributed by atoms with Crippen molar-refractivity contribution in [2.45, 2.75) is 20.4 Å². The number of aromatic nitrogens is 2. The van der Waals surface area contributed by atoms with E-state index in [1.807, 2.05) is 0 Å². The molecule has 0 aliphatic rings. The van der Waals surface area contributed by atoms with E-state index in [-0.39, 0.29) is 5.69 Å². The van der Waals surface area contributed by atoms with Gasteiger partial charge in [0.15, 0.2) is 0 Å². The van der Waals surface area contributed by atoms with Gasteiger partial charge in [-0.3, -0.25) is 4.57 Å². The first-order chi connectivity index (χ1) is 7.16. The maximum Gasteiger partial charge on any atom is 0.325 e. The molecule has 1 aromatic heterocycles. The Morgan fingerprint density at radius 3 is 2.67 bits per heavy atom. The topological polar surface area (TPSA) is 37.8 Å². The standard InChI is InChI=1S/C12H14N2O/c1-9-3-4-11(7-10(9)2)8-14-6-5-13-12(14)15/h3-7H,8H2,1-2H3,(H,13,15). The Morgan fingerprint density at radius 2 is 2.07 bits per heavy atom. The number of rotatable bonds is 2. The van der Waals surface area contributed by atoms with E-state index in [2.05, 4.69) is 37.0 Å². The summed E-state index contributed by atoms with van der Waals surface area (Å²) in [7, 11) is 0. The number of hydrogen-bond donors (Lipinski definition) is 1. The lowest BCUT2D eigenvalue weighted by molar-refractivity contribution is 0.761. The average Bonchev–Trinajstić information content (AvgIpc) is 2.59. The molecule has 0 unspecified atom stereocenters. The van der Waals surface area contributed by atoms with Crippen LogP contribution in [0.15, 0.2) is 35.4 Å². The van der Waals surface area contributed by atoms with Crippen molar-refractivity contribution in [1.29, 1.82) is 0 Å². The monoisotopic (exact) mass is 202 g/mol. The van der Waals surface area contributed by atoms with E-state index in [1.165, 1.54) is 11.1 Å². The highest BCUT2D eigenvalue weighted by Gasteiger charge is 1.99. The summed E-state index contributed by atoms with van der Waals surface area (Å²) in [6, 6.07) is 6.26. The Balaban J connectivity index is 2.29. The second kappa shape index (κ2) is 3.77. The molecule has 0 saturated heterocycles. The number of nitrogens with one attached hydrogen (secondary N) is 1. The highest BCUT2D eigenvalue weighted by molar-refractivity contribution is 5.30. The minimum Gasteiger partial charge on any atom is -0.313 e. The predicted molar refractivity (Wildman–Crippen MR) is 60.1 cm³/mol. The van der Waals surface area contributed by atoms with Crippen LogP contribution in [-0.4, -0.2) is 9.55 Å².